The maximum atomic E-state index is 11.2. The van der Waals surface area contributed by atoms with Crippen molar-refractivity contribution in [3.63, 3.8) is 0 Å². The first kappa shape index (κ1) is 10.9. The third-order valence-corrected chi connectivity index (χ3v) is 2.21. The highest BCUT2D eigenvalue weighted by molar-refractivity contribution is 6.31. The van der Waals surface area contributed by atoms with Crippen LogP contribution in [0.2, 0.25) is 5.02 Å². The van der Waals surface area contributed by atoms with Crippen LogP contribution in [0.4, 0.5) is 5.69 Å². The Morgan fingerprint density at radius 2 is 2.14 bits per heavy atom. The second kappa shape index (κ2) is 4.33. The van der Waals surface area contributed by atoms with Crippen molar-refractivity contribution in [2.24, 2.45) is 0 Å². The van der Waals surface area contributed by atoms with Gasteiger partial charge in [0.25, 0.3) is 0 Å². The molecule has 1 aromatic rings. The van der Waals surface area contributed by atoms with E-state index in [0.717, 1.165) is 0 Å². The Morgan fingerprint density at radius 1 is 1.50 bits per heavy atom. The van der Waals surface area contributed by atoms with E-state index in [9.17, 15) is 4.79 Å². The van der Waals surface area contributed by atoms with E-state index in [2.05, 4.69) is 0 Å². The average Bonchev–Trinajstić information content (AvgIpc) is 2.16. The van der Waals surface area contributed by atoms with Gasteiger partial charge in [0.05, 0.1) is 12.8 Å². The highest BCUT2D eigenvalue weighted by atomic mass is 35.5. The zero-order chi connectivity index (χ0) is 10.7. The van der Waals surface area contributed by atoms with Crippen molar-refractivity contribution < 1.29 is 9.53 Å². The van der Waals surface area contributed by atoms with Gasteiger partial charge < -0.3 is 9.64 Å². The maximum absolute atomic E-state index is 11.2. The Morgan fingerprint density at radius 3 is 2.64 bits per heavy atom. The lowest BCUT2D eigenvalue weighted by molar-refractivity contribution is -0.116. The molecule has 1 rings (SSSR count). The second-order valence-electron chi connectivity index (χ2n) is 2.89. The van der Waals surface area contributed by atoms with Crippen LogP contribution in [0.15, 0.2) is 18.2 Å². The van der Waals surface area contributed by atoms with E-state index in [1.54, 1.807) is 32.4 Å². The van der Waals surface area contributed by atoms with E-state index in [1.165, 1.54) is 11.8 Å². The first-order valence-corrected chi connectivity index (χ1v) is 4.52. The van der Waals surface area contributed by atoms with Crippen molar-refractivity contribution in [3.05, 3.63) is 23.2 Å². The topological polar surface area (TPSA) is 29.5 Å². The first-order valence-electron chi connectivity index (χ1n) is 4.14. The van der Waals surface area contributed by atoms with Crippen LogP contribution in [-0.4, -0.2) is 20.1 Å². The summed E-state index contributed by atoms with van der Waals surface area (Å²) < 4.78 is 5.12. The molecule has 1 amide bonds. The fourth-order valence-corrected chi connectivity index (χ4v) is 1.26. The van der Waals surface area contributed by atoms with Crippen LogP contribution < -0.4 is 9.64 Å². The first-order chi connectivity index (χ1) is 6.56. The SMILES string of the molecule is COc1ccc(Cl)cc1N(C)C(C)=O. The van der Waals surface area contributed by atoms with E-state index in [1.807, 2.05) is 0 Å². The van der Waals surface area contributed by atoms with Crippen molar-refractivity contribution >= 4 is 23.2 Å². The third kappa shape index (κ3) is 2.17. The fraction of sp³-hybridized carbons (Fsp3) is 0.300. The summed E-state index contributed by atoms with van der Waals surface area (Å²) in [5.41, 5.74) is 0.674. The second-order valence-corrected chi connectivity index (χ2v) is 3.33. The monoisotopic (exact) mass is 213 g/mol. The molecule has 0 unspecified atom stereocenters. The molecule has 0 N–H and O–H groups in total. The van der Waals surface area contributed by atoms with Gasteiger partial charge in [-0.2, -0.15) is 0 Å². The zero-order valence-electron chi connectivity index (χ0n) is 8.37. The standard InChI is InChI=1S/C10H12ClNO2/c1-7(13)12(2)9-6-8(11)4-5-10(9)14-3/h4-6H,1-3H3. The summed E-state index contributed by atoms with van der Waals surface area (Å²) in [7, 11) is 3.23. The number of carbonyl (C=O) groups excluding carboxylic acids is 1. The summed E-state index contributed by atoms with van der Waals surface area (Å²) >= 11 is 5.83. The van der Waals surface area contributed by atoms with Gasteiger partial charge in [-0.15, -0.1) is 0 Å². The van der Waals surface area contributed by atoms with E-state index >= 15 is 0 Å². The molecule has 4 heteroatoms. The molecule has 14 heavy (non-hydrogen) atoms. The van der Waals surface area contributed by atoms with Gasteiger partial charge in [0.1, 0.15) is 5.75 Å². The number of amides is 1. The number of rotatable bonds is 2. The van der Waals surface area contributed by atoms with E-state index in [4.69, 9.17) is 16.3 Å². The number of methoxy groups -OCH3 is 1. The number of nitrogens with zero attached hydrogens (tertiary/aromatic N) is 1. The number of carbonyl (C=O) groups is 1. The zero-order valence-corrected chi connectivity index (χ0v) is 9.13. The lowest BCUT2D eigenvalue weighted by Crippen LogP contribution is -2.23. The minimum Gasteiger partial charge on any atom is -0.495 e. The van der Waals surface area contributed by atoms with Crippen molar-refractivity contribution in [1.82, 2.24) is 0 Å². The molecule has 76 valence electrons. The minimum absolute atomic E-state index is 0.0643. The van der Waals surface area contributed by atoms with Gasteiger partial charge in [-0.3, -0.25) is 4.79 Å². The molecule has 0 fully saturated rings. The molecule has 0 saturated carbocycles. The largest absolute Gasteiger partial charge is 0.495 e. The third-order valence-electron chi connectivity index (χ3n) is 1.97. The van der Waals surface area contributed by atoms with Crippen LogP contribution in [0.5, 0.6) is 5.75 Å². The normalized spacial score (nSPS) is 9.71. The Hall–Kier alpha value is -1.22. The highest BCUT2D eigenvalue weighted by Crippen LogP contribution is 2.30. The van der Waals surface area contributed by atoms with Gasteiger partial charge >= 0.3 is 0 Å². The summed E-state index contributed by atoms with van der Waals surface area (Å²) in [4.78, 5) is 12.6. The van der Waals surface area contributed by atoms with E-state index < -0.39 is 0 Å². The number of hydrogen-bond donors (Lipinski definition) is 0. The molecule has 1 aromatic carbocycles. The number of hydrogen-bond acceptors (Lipinski definition) is 2. The van der Waals surface area contributed by atoms with Gasteiger partial charge in [0.2, 0.25) is 5.91 Å². The molecule has 0 saturated heterocycles. The molecule has 0 bridgehead atoms. The predicted octanol–water partition coefficient (Wildman–Crippen LogP) is 2.33. The molecule has 0 aliphatic heterocycles. The molecule has 0 atom stereocenters. The molecule has 0 aliphatic rings. The average molecular weight is 214 g/mol. The Balaban J connectivity index is 3.16. The van der Waals surface area contributed by atoms with E-state index in [-0.39, 0.29) is 5.91 Å². The van der Waals surface area contributed by atoms with Crippen molar-refractivity contribution in [3.8, 4) is 5.75 Å². The number of halogens is 1. The smallest absolute Gasteiger partial charge is 0.223 e. The fourth-order valence-electron chi connectivity index (χ4n) is 1.09. The molecule has 3 nitrogen and oxygen atoms in total. The Bertz CT molecular complexity index is 352. The van der Waals surface area contributed by atoms with E-state index in [0.29, 0.717) is 16.5 Å². The quantitative estimate of drug-likeness (QED) is 0.755. The van der Waals surface area contributed by atoms with Gasteiger partial charge in [-0.25, -0.2) is 0 Å². The molecular formula is C10H12ClNO2. The van der Waals surface area contributed by atoms with Crippen LogP contribution in [0, 0.1) is 0 Å². The number of ether oxygens (including phenoxy) is 1. The van der Waals surface area contributed by atoms with Crippen LogP contribution in [-0.2, 0) is 4.79 Å². The van der Waals surface area contributed by atoms with Gasteiger partial charge in [0.15, 0.2) is 0 Å². The molecule has 0 aromatic heterocycles. The molecule has 0 heterocycles. The summed E-state index contributed by atoms with van der Waals surface area (Å²) in [5, 5.41) is 0.578. The molecule has 0 aliphatic carbocycles. The summed E-state index contributed by atoms with van der Waals surface area (Å²) in [6.45, 7) is 1.49. The number of anilines is 1. The molecule has 0 spiro atoms. The summed E-state index contributed by atoms with van der Waals surface area (Å²) in [5.74, 6) is 0.567. The maximum Gasteiger partial charge on any atom is 0.223 e. The molecular weight excluding hydrogens is 202 g/mol. The molecule has 0 radical (unpaired) electrons. The number of benzene rings is 1. The lowest BCUT2D eigenvalue weighted by Gasteiger charge is -2.18. The van der Waals surface area contributed by atoms with Crippen LogP contribution >= 0.6 is 11.6 Å². The Kier molecular flexibility index (Phi) is 3.36. The van der Waals surface area contributed by atoms with Crippen molar-refractivity contribution in [2.75, 3.05) is 19.1 Å². The van der Waals surface area contributed by atoms with Gasteiger partial charge in [-0.1, -0.05) is 11.6 Å². The highest BCUT2D eigenvalue weighted by Gasteiger charge is 2.11. The predicted molar refractivity (Wildman–Crippen MR) is 57.1 cm³/mol. The van der Waals surface area contributed by atoms with Gasteiger partial charge in [0, 0.05) is 19.0 Å². The Labute approximate surface area is 88.2 Å². The van der Waals surface area contributed by atoms with Gasteiger partial charge in [-0.05, 0) is 18.2 Å². The van der Waals surface area contributed by atoms with Crippen molar-refractivity contribution in [2.45, 2.75) is 6.92 Å². The summed E-state index contributed by atoms with van der Waals surface area (Å²) in [6.07, 6.45) is 0. The van der Waals surface area contributed by atoms with Crippen LogP contribution in [0.3, 0.4) is 0 Å². The van der Waals surface area contributed by atoms with Crippen molar-refractivity contribution in [1.29, 1.82) is 0 Å². The minimum atomic E-state index is -0.0643. The van der Waals surface area contributed by atoms with Crippen LogP contribution in [0.1, 0.15) is 6.92 Å². The van der Waals surface area contributed by atoms with Crippen LogP contribution in [0.25, 0.3) is 0 Å². The summed E-state index contributed by atoms with van der Waals surface area (Å²) in [6, 6.07) is 5.15. The lowest BCUT2D eigenvalue weighted by atomic mass is 10.2.